The van der Waals surface area contributed by atoms with E-state index >= 15 is 0 Å². The van der Waals surface area contributed by atoms with Crippen molar-refractivity contribution in [2.45, 2.75) is 31.6 Å². The van der Waals surface area contributed by atoms with Gasteiger partial charge in [0, 0.05) is 12.1 Å². The van der Waals surface area contributed by atoms with Crippen LogP contribution >= 0.6 is 0 Å². The van der Waals surface area contributed by atoms with Gasteiger partial charge in [0.1, 0.15) is 5.82 Å². The molecule has 1 aliphatic rings. The van der Waals surface area contributed by atoms with E-state index in [1.165, 1.54) is 6.42 Å². The Morgan fingerprint density at radius 1 is 1.08 bits per heavy atom. The topological polar surface area (TPSA) is 76.4 Å². The highest BCUT2D eigenvalue weighted by atomic mass is 32.2. The first-order valence-electron chi connectivity index (χ1n) is 8.50. The summed E-state index contributed by atoms with van der Waals surface area (Å²) in [6.07, 6.45) is 5.82. The van der Waals surface area contributed by atoms with Crippen LogP contribution in [0.2, 0.25) is 0 Å². The number of aromatic nitrogens is 3. The van der Waals surface area contributed by atoms with Gasteiger partial charge < -0.3 is 0 Å². The number of nitrogens with one attached hydrogen (secondary N) is 1. The summed E-state index contributed by atoms with van der Waals surface area (Å²) in [6, 6.07) is 13.2. The van der Waals surface area contributed by atoms with Crippen LogP contribution in [0, 0.1) is 0 Å². The molecule has 7 heteroatoms. The van der Waals surface area contributed by atoms with Crippen molar-refractivity contribution in [1.29, 1.82) is 0 Å². The average Bonchev–Trinajstić information content (AvgIpc) is 2.97. The molecule has 2 aromatic heterocycles. The number of fused-ring (bicyclic) bond motifs is 1. The van der Waals surface area contributed by atoms with Gasteiger partial charge >= 0.3 is 0 Å². The summed E-state index contributed by atoms with van der Waals surface area (Å²) in [5.41, 5.74) is 2.04. The van der Waals surface area contributed by atoms with Crippen LogP contribution in [-0.2, 0) is 16.4 Å². The van der Waals surface area contributed by atoms with Crippen molar-refractivity contribution >= 4 is 21.4 Å². The molecule has 0 radical (unpaired) electrons. The largest absolute Gasteiger partial charge is 0.284 e. The van der Waals surface area contributed by atoms with E-state index in [0.717, 1.165) is 24.2 Å². The summed E-state index contributed by atoms with van der Waals surface area (Å²) >= 11 is 0. The van der Waals surface area contributed by atoms with Crippen LogP contribution < -0.4 is 4.72 Å². The lowest BCUT2D eigenvalue weighted by atomic mass is 9.85. The Bertz CT molecular complexity index is 979. The number of hydrogen-bond acceptors (Lipinski definition) is 4. The van der Waals surface area contributed by atoms with Gasteiger partial charge in [0.25, 0.3) is 0 Å². The van der Waals surface area contributed by atoms with E-state index in [0.29, 0.717) is 23.7 Å². The molecule has 0 saturated heterocycles. The van der Waals surface area contributed by atoms with E-state index in [4.69, 9.17) is 0 Å². The fourth-order valence-corrected chi connectivity index (χ4v) is 4.17. The van der Waals surface area contributed by atoms with Gasteiger partial charge in [-0.25, -0.2) is 8.42 Å². The van der Waals surface area contributed by atoms with Crippen molar-refractivity contribution in [3.8, 4) is 0 Å². The summed E-state index contributed by atoms with van der Waals surface area (Å²) in [4.78, 5) is 0. The summed E-state index contributed by atoms with van der Waals surface area (Å²) in [7, 11) is -3.46. The maximum atomic E-state index is 12.5. The van der Waals surface area contributed by atoms with Gasteiger partial charge in [-0.15, -0.1) is 10.2 Å². The lowest BCUT2D eigenvalue weighted by molar-refractivity contribution is 0.399. The van der Waals surface area contributed by atoms with Crippen LogP contribution in [0.5, 0.6) is 0 Å². The molecule has 6 nitrogen and oxygen atoms in total. The number of hydrogen-bond donors (Lipinski definition) is 1. The fourth-order valence-electron chi connectivity index (χ4n) is 3.07. The zero-order valence-electron chi connectivity index (χ0n) is 13.8. The zero-order valence-corrected chi connectivity index (χ0v) is 14.6. The van der Waals surface area contributed by atoms with E-state index in [9.17, 15) is 8.42 Å². The third-order valence-corrected chi connectivity index (χ3v) is 5.97. The normalized spacial score (nSPS) is 15.2. The maximum Gasteiger partial charge on any atom is 0.233 e. The predicted octanol–water partition coefficient (Wildman–Crippen LogP) is 2.98. The summed E-state index contributed by atoms with van der Waals surface area (Å²) in [5, 5.41) is 8.49. The summed E-state index contributed by atoms with van der Waals surface area (Å²) < 4.78 is 29.5. The van der Waals surface area contributed by atoms with Gasteiger partial charge in [0.15, 0.2) is 5.65 Å². The quantitative estimate of drug-likeness (QED) is 0.737. The molecule has 0 amide bonds. The Balaban J connectivity index is 1.54. The Morgan fingerprint density at radius 2 is 1.88 bits per heavy atom. The highest BCUT2D eigenvalue weighted by Crippen LogP contribution is 2.35. The first-order valence-corrected chi connectivity index (χ1v) is 10.2. The molecule has 130 valence electrons. The van der Waals surface area contributed by atoms with Crippen molar-refractivity contribution < 1.29 is 8.42 Å². The van der Waals surface area contributed by atoms with Gasteiger partial charge in [-0.2, -0.15) is 0 Å². The van der Waals surface area contributed by atoms with Crippen LogP contribution in [-0.4, -0.2) is 28.8 Å². The van der Waals surface area contributed by atoms with Gasteiger partial charge in [0.2, 0.25) is 10.0 Å². The molecule has 1 aliphatic carbocycles. The van der Waals surface area contributed by atoms with Gasteiger partial charge in [-0.1, -0.05) is 36.8 Å². The number of nitrogens with zero attached hydrogens (tertiary/aromatic N) is 3. The number of aryl methyl sites for hydroxylation is 1. The molecule has 1 saturated carbocycles. The lowest BCUT2D eigenvalue weighted by Gasteiger charge is -2.23. The molecule has 1 fully saturated rings. The molecule has 1 aromatic carbocycles. The average molecular weight is 356 g/mol. The Hall–Kier alpha value is -2.41. The Labute approximate surface area is 147 Å². The SMILES string of the molecule is O=S(=O)(CCc1ccccc1)Nc1cccn2c(C3CCC3)nnc12. The number of rotatable bonds is 6. The molecule has 4 rings (SSSR count). The first kappa shape index (κ1) is 16.1. The molecule has 0 bridgehead atoms. The Kier molecular flexibility index (Phi) is 4.17. The van der Waals surface area contributed by atoms with E-state index in [-0.39, 0.29) is 5.75 Å². The molecular formula is C18H20N4O2S. The van der Waals surface area contributed by atoms with Gasteiger partial charge in [-0.05, 0) is 37.0 Å². The molecule has 3 aromatic rings. The number of pyridine rings is 1. The third-order valence-electron chi connectivity index (χ3n) is 4.70. The molecule has 0 spiro atoms. The van der Waals surface area contributed by atoms with Crippen molar-refractivity contribution in [1.82, 2.24) is 14.6 Å². The van der Waals surface area contributed by atoms with E-state index in [1.54, 1.807) is 6.07 Å². The van der Waals surface area contributed by atoms with Crippen molar-refractivity contribution in [2.75, 3.05) is 10.5 Å². The molecular weight excluding hydrogens is 336 g/mol. The fraction of sp³-hybridized carbons (Fsp3) is 0.333. The highest BCUT2D eigenvalue weighted by molar-refractivity contribution is 7.92. The van der Waals surface area contributed by atoms with Gasteiger partial charge in [0.05, 0.1) is 11.4 Å². The monoisotopic (exact) mass is 356 g/mol. The summed E-state index contributed by atoms with van der Waals surface area (Å²) in [6.45, 7) is 0. The van der Waals surface area contributed by atoms with Crippen molar-refractivity contribution in [2.24, 2.45) is 0 Å². The zero-order chi connectivity index (χ0) is 17.3. The minimum Gasteiger partial charge on any atom is -0.284 e. The van der Waals surface area contributed by atoms with Crippen molar-refractivity contribution in [3.63, 3.8) is 0 Å². The molecule has 1 N–H and O–H groups in total. The predicted molar refractivity (Wildman–Crippen MR) is 97.1 cm³/mol. The molecule has 0 aliphatic heterocycles. The van der Waals surface area contributed by atoms with E-state index < -0.39 is 10.0 Å². The number of anilines is 1. The van der Waals surface area contributed by atoms with Crippen LogP contribution in [0.1, 0.15) is 36.6 Å². The van der Waals surface area contributed by atoms with Crippen LogP contribution in [0.3, 0.4) is 0 Å². The summed E-state index contributed by atoms with van der Waals surface area (Å²) in [5.74, 6) is 1.38. The first-order chi connectivity index (χ1) is 12.1. The second-order valence-electron chi connectivity index (χ2n) is 6.46. The van der Waals surface area contributed by atoms with Crippen LogP contribution in [0.25, 0.3) is 5.65 Å². The highest BCUT2D eigenvalue weighted by Gasteiger charge is 2.25. The van der Waals surface area contributed by atoms with Crippen LogP contribution in [0.15, 0.2) is 48.7 Å². The Morgan fingerprint density at radius 3 is 2.60 bits per heavy atom. The smallest absolute Gasteiger partial charge is 0.233 e. The second kappa shape index (κ2) is 6.48. The lowest BCUT2D eigenvalue weighted by Crippen LogP contribution is -2.19. The third kappa shape index (κ3) is 3.37. The number of benzene rings is 1. The van der Waals surface area contributed by atoms with Gasteiger partial charge in [-0.3, -0.25) is 9.12 Å². The standard InChI is InChI=1S/C18H20N4O2S/c23-25(24,13-11-14-6-2-1-3-7-14)21-16-10-5-12-22-17(15-8-4-9-15)19-20-18(16)22/h1-3,5-7,10,12,15,21H,4,8-9,11,13H2. The molecule has 2 heterocycles. The van der Waals surface area contributed by atoms with Crippen LogP contribution in [0.4, 0.5) is 5.69 Å². The molecule has 25 heavy (non-hydrogen) atoms. The molecule has 0 unspecified atom stereocenters. The van der Waals surface area contributed by atoms with Crippen molar-refractivity contribution in [3.05, 3.63) is 60.0 Å². The minimum atomic E-state index is -3.46. The van der Waals surface area contributed by atoms with E-state index in [2.05, 4.69) is 14.9 Å². The number of sulfonamides is 1. The van der Waals surface area contributed by atoms with E-state index in [1.807, 2.05) is 47.0 Å². The minimum absolute atomic E-state index is 0.0295. The second-order valence-corrected chi connectivity index (χ2v) is 8.30. The molecule has 0 atom stereocenters. The maximum absolute atomic E-state index is 12.5.